The zero-order valence-corrected chi connectivity index (χ0v) is 12.5. The van der Waals surface area contributed by atoms with E-state index in [1.807, 2.05) is 13.8 Å². The molecule has 0 spiro atoms. The Kier molecular flexibility index (Phi) is 4.46. The van der Waals surface area contributed by atoms with E-state index in [4.69, 9.17) is 11.5 Å². The van der Waals surface area contributed by atoms with Gasteiger partial charge in [0.05, 0.1) is 0 Å². The number of hydrogen-bond donors (Lipinski definition) is 2. The second-order valence-corrected chi connectivity index (χ2v) is 5.71. The molecule has 0 fully saturated rings. The Morgan fingerprint density at radius 3 is 2.76 bits per heavy atom. The first kappa shape index (κ1) is 15.3. The lowest BCUT2D eigenvalue weighted by molar-refractivity contribution is 0.1000. The van der Waals surface area contributed by atoms with E-state index in [9.17, 15) is 9.18 Å². The quantitative estimate of drug-likeness (QED) is 0.823. The molecule has 0 aliphatic carbocycles. The van der Waals surface area contributed by atoms with Crippen molar-refractivity contribution in [2.45, 2.75) is 30.8 Å². The summed E-state index contributed by atoms with van der Waals surface area (Å²) < 4.78 is 15.5. The summed E-state index contributed by atoms with van der Waals surface area (Å²) in [6.45, 7) is 3.91. The summed E-state index contributed by atoms with van der Waals surface area (Å²) in [5.41, 5.74) is 11.6. The zero-order valence-electron chi connectivity index (χ0n) is 11.7. The summed E-state index contributed by atoms with van der Waals surface area (Å²) in [5, 5.41) is 8.40. The highest BCUT2D eigenvalue weighted by Gasteiger charge is 2.14. The Morgan fingerprint density at radius 2 is 2.14 bits per heavy atom. The molecule has 0 atom stereocenters. The fourth-order valence-corrected chi connectivity index (χ4v) is 2.90. The summed E-state index contributed by atoms with van der Waals surface area (Å²) >= 11 is 1.30. The van der Waals surface area contributed by atoms with E-state index in [0.717, 1.165) is 0 Å². The van der Waals surface area contributed by atoms with Gasteiger partial charge in [-0.05, 0) is 37.6 Å². The van der Waals surface area contributed by atoms with Gasteiger partial charge < -0.3 is 11.5 Å². The predicted molar refractivity (Wildman–Crippen MR) is 79.3 cm³/mol. The fourth-order valence-electron chi connectivity index (χ4n) is 1.85. The maximum absolute atomic E-state index is 13.8. The van der Waals surface area contributed by atoms with E-state index in [0.29, 0.717) is 22.4 Å². The topological polar surface area (TPSA) is 99.8 Å². The summed E-state index contributed by atoms with van der Waals surface area (Å²) in [6, 6.07) is 4.14. The van der Waals surface area contributed by atoms with Crippen molar-refractivity contribution in [3.8, 4) is 0 Å². The van der Waals surface area contributed by atoms with Crippen LogP contribution in [0, 0.1) is 5.82 Å². The summed E-state index contributed by atoms with van der Waals surface area (Å²) in [6.07, 6.45) is 0. The zero-order chi connectivity index (χ0) is 15.6. The Hall–Kier alpha value is -2.09. The molecule has 1 aromatic carbocycles. The van der Waals surface area contributed by atoms with E-state index in [2.05, 4.69) is 10.2 Å². The summed E-state index contributed by atoms with van der Waals surface area (Å²) in [4.78, 5) is 11.1. The van der Waals surface area contributed by atoms with Crippen molar-refractivity contribution >= 4 is 23.6 Å². The molecular formula is C13H16FN5OS. The number of rotatable bonds is 5. The smallest absolute Gasteiger partial charge is 0.248 e. The van der Waals surface area contributed by atoms with Crippen LogP contribution in [0.4, 0.5) is 10.3 Å². The molecule has 8 heteroatoms. The van der Waals surface area contributed by atoms with Gasteiger partial charge in [0.2, 0.25) is 11.9 Å². The Balaban J connectivity index is 2.20. The third-order valence-corrected chi connectivity index (χ3v) is 3.89. The van der Waals surface area contributed by atoms with Crippen LogP contribution in [0.25, 0.3) is 0 Å². The highest BCUT2D eigenvalue weighted by atomic mass is 32.2. The number of thioether (sulfide) groups is 1. The van der Waals surface area contributed by atoms with Gasteiger partial charge in [0.15, 0.2) is 5.16 Å². The molecule has 1 amide bonds. The largest absolute Gasteiger partial charge is 0.368 e. The average molecular weight is 309 g/mol. The minimum absolute atomic E-state index is 0.101. The highest BCUT2D eigenvalue weighted by molar-refractivity contribution is 7.98. The van der Waals surface area contributed by atoms with Crippen LogP contribution < -0.4 is 11.5 Å². The minimum Gasteiger partial charge on any atom is -0.368 e. The van der Waals surface area contributed by atoms with Crippen LogP contribution in [0.2, 0.25) is 0 Å². The van der Waals surface area contributed by atoms with Gasteiger partial charge in [0.25, 0.3) is 0 Å². The predicted octanol–water partition coefficient (Wildman–Crippen LogP) is 1.97. The van der Waals surface area contributed by atoms with E-state index in [-0.39, 0.29) is 11.6 Å². The standard InChI is InChI=1S/C13H16FN5OS/c1-7(2)19-12(16)17-18-13(19)21-6-9-5-8(11(15)20)3-4-10(9)14/h3-5,7H,6H2,1-2H3,(H2,15,20)(H2,16,17). The van der Waals surface area contributed by atoms with E-state index < -0.39 is 11.7 Å². The monoisotopic (exact) mass is 309 g/mol. The molecule has 2 rings (SSSR count). The minimum atomic E-state index is -0.587. The third-order valence-electron chi connectivity index (χ3n) is 2.89. The number of carbonyl (C=O) groups excluding carboxylic acids is 1. The molecule has 0 aliphatic heterocycles. The lowest BCUT2D eigenvalue weighted by atomic mass is 10.1. The van der Waals surface area contributed by atoms with Crippen molar-refractivity contribution in [1.29, 1.82) is 0 Å². The fraction of sp³-hybridized carbons (Fsp3) is 0.308. The van der Waals surface area contributed by atoms with Crippen LogP contribution in [0.5, 0.6) is 0 Å². The second-order valence-electron chi connectivity index (χ2n) is 4.76. The van der Waals surface area contributed by atoms with E-state index in [1.54, 1.807) is 4.57 Å². The van der Waals surface area contributed by atoms with Crippen molar-refractivity contribution in [1.82, 2.24) is 14.8 Å². The van der Waals surface area contributed by atoms with Gasteiger partial charge in [0.1, 0.15) is 5.82 Å². The molecule has 2 aromatic rings. The Labute approximate surface area is 125 Å². The van der Waals surface area contributed by atoms with Crippen molar-refractivity contribution < 1.29 is 9.18 Å². The van der Waals surface area contributed by atoms with Crippen LogP contribution in [0.1, 0.15) is 35.8 Å². The van der Waals surface area contributed by atoms with E-state index in [1.165, 1.54) is 30.0 Å². The van der Waals surface area contributed by atoms with E-state index >= 15 is 0 Å². The first-order valence-corrected chi connectivity index (χ1v) is 7.30. The molecule has 0 saturated carbocycles. The maximum atomic E-state index is 13.8. The Bertz CT molecular complexity index is 671. The third kappa shape index (κ3) is 3.33. The Morgan fingerprint density at radius 1 is 1.43 bits per heavy atom. The number of amides is 1. The maximum Gasteiger partial charge on any atom is 0.248 e. The number of halogens is 1. The molecule has 112 valence electrons. The van der Waals surface area contributed by atoms with Gasteiger partial charge in [-0.1, -0.05) is 11.8 Å². The van der Waals surface area contributed by atoms with Crippen LogP contribution in [0.15, 0.2) is 23.4 Å². The number of hydrogen-bond acceptors (Lipinski definition) is 5. The second kappa shape index (κ2) is 6.13. The van der Waals surface area contributed by atoms with Crippen molar-refractivity contribution in [3.63, 3.8) is 0 Å². The summed E-state index contributed by atoms with van der Waals surface area (Å²) in [7, 11) is 0. The van der Waals surface area contributed by atoms with Crippen LogP contribution in [-0.4, -0.2) is 20.7 Å². The number of anilines is 1. The van der Waals surface area contributed by atoms with Gasteiger partial charge in [-0.3, -0.25) is 9.36 Å². The molecule has 0 aliphatic rings. The molecule has 6 nitrogen and oxygen atoms in total. The number of carbonyl (C=O) groups is 1. The molecule has 4 N–H and O–H groups in total. The number of nitrogens with two attached hydrogens (primary N) is 2. The molecule has 0 bridgehead atoms. The number of benzene rings is 1. The lowest BCUT2D eigenvalue weighted by Gasteiger charge is -2.11. The highest BCUT2D eigenvalue weighted by Crippen LogP contribution is 2.27. The van der Waals surface area contributed by atoms with Gasteiger partial charge >= 0.3 is 0 Å². The molecule has 1 heterocycles. The summed E-state index contributed by atoms with van der Waals surface area (Å²) in [5.74, 6) is -0.358. The van der Waals surface area contributed by atoms with Crippen LogP contribution >= 0.6 is 11.8 Å². The van der Waals surface area contributed by atoms with Gasteiger partial charge in [-0.15, -0.1) is 10.2 Å². The molecule has 0 unspecified atom stereocenters. The van der Waals surface area contributed by atoms with Crippen LogP contribution in [0.3, 0.4) is 0 Å². The lowest BCUT2D eigenvalue weighted by Crippen LogP contribution is -2.11. The molecule has 0 saturated heterocycles. The average Bonchev–Trinajstić information content (AvgIpc) is 2.78. The number of aromatic nitrogens is 3. The van der Waals surface area contributed by atoms with Gasteiger partial charge in [0, 0.05) is 17.4 Å². The molecular weight excluding hydrogens is 293 g/mol. The van der Waals surface area contributed by atoms with Crippen molar-refractivity contribution in [2.75, 3.05) is 5.73 Å². The van der Waals surface area contributed by atoms with Crippen molar-refractivity contribution in [3.05, 3.63) is 35.1 Å². The number of nitrogen functional groups attached to an aromatic ring is 1. The van der Waals surface area contributed by atoms with Crippen LogP contribution in [-0.2, 0) is 5.75 Å². The molecule has 1 aromatic heterocycles. The normalized spacial score (nSPS) is 11.0. The number of primary amides is 1. The van der Waals surface area contributed by atoms with Crippen molar-refractivity contribution in [2.24, 2.45) is 5.73 Å². The molecule has 0 radical (unpaired) electrons. The number of nitrogens with zero attached hydrogens (tertiary/aromatic N) is 3. The first-order valence-electron chi connectivity index (χ1n) is 6.31. The molecule has 21 heavy (non-hydrogen) atoms. The van der Waals surface area contributed by atoms with Gasteiger partial charge in [-0.2, -0.15) is 0 Å². The van der Waals surface area contributed by atoms with Gasteiger partial charge in [-0.25, -0.2) is 4.39 Å². The first-order chi connectivity index (χ1) is 9.90. The SMILES string of the molecule is CC(C)n1c(N)nnc1SCc1cc(C(N)=O)ccc1F.